The summed E-state index contributed by atoms with van der Waals surface area (Å²) in [5.41, 5.74) is 5.94. The van der Waals surface area contributed by atoms with E-state index in [2.05, 4.69) is 21.1 Å². The van der Waals surface area contributed by atoms with E-state index in [9.17, 15) is 9.18 Å². The minimum absolute atomic E-state index is 0.0100. The Morgan fingerprint density at radius 2 is 2.24 bits per heavy atom. The first-order valence-corrected chi connectivity index (χ1v) is 6.30. The van der Waals surface area contributed by atoms with Crippen LogP contribution in [-0.4, -0.2) is 28.3 Å². The van der Waals surface area contributed by atoms with Gasteiger partial charge in [-0.2, -0.15) is 10.2 Å². The largest absolute Gasteiger partial charge is 0.481 e. The van der Waals surface area contributed by atoms with E-state index in [0.29, 0.717) is 18.6 Å². The molecule has 8 heteroatoms. The van der Waals surface area contributed by atoms with E-state index in [1.807, 2.05) is 0 Å². The van der Waals surface area contributed by atoms with Crippen LogP contribution in [0.25, 0.3) is 0 Å². The Hall–Kier alpha value is -2.77. The van der Waals surface area contributed by atoms with Gasteiger partial charge >= 0.3 is 5.97 Å². The molecule has 0 aromatic heterocycles. The summed E-state index contributed by atoms with van der Waals surface area (Å²) in [6.45, 7) is 0. The molecule has 1 aliphatic rings. The molecule has 0 bridgehead atoms. The number of hydrogen-bond acceptors (Lipinski definition) is 5. The number of benzene rings is 1. The first-order chi connectivity index (χ1) is 10.1. The minimum atomic E-state index is -0.889. The average molecular weight is 291 g/mol. The van der Waals surface area contributed by atoms with Crippen molar-refractivity contribution in [3.63, 3.8) is 0 Å². The summed E-state index contributed by atoms with van der Waals surface area (Å²) >= 11 is 0. The van der Waals surface area contributed by atoms with Crippen LogP contribution >= 0.6 is 0 Å². The molecule has 7 nitrogen and oxygen atoms in total. The summed E-state index contributed by atoms with van der Waals surface area (Å²) in [4.78, 5) is 10.5. The molecule has 0 fully saturated rings. The van der Waals surface area contributed by atoms with Crippen LogP contribution in [0.15, 0.2) is 34.5 Å². The van der Waals surface area contributed by atoms with Gasteiger partial charge in [0.25, 0.3) is 0 Å². The maximum atomic E-state index is 13.5. The van der Waals surface area contributed by atoms with Crippen molar-refractivity contribution < 1.29 is 14.3 Å². The number of rotatable bonds is 6. The number of para-hydroxylation sites is 1. The van der Waals surface area contributed by atoms with Gasteiger partial charge in [-0.3, -0.25) is 21.1 Å². The molecule has 0 saturated carbocycles. The number of hydrogen-bond donors (Lipinski definition) is 4. The predicted molar refractivity (Wildman–Crippen MR) is 77.2 cm³/mol. The van der Waals surface area contributed by atoms with Crippen molar-refractivity contribution >= 4 is 28.9 Å². The van der Waals surface area contributed by atoms with Crippen molar-refractivity contribution in [1.82, 2.24) is 5.43 Å². The van der Waals surface area contributed by atoms with Crippen molar-refractivity contribution in [1.29, 1.82) is 5.41 Å². The molecule has 0 amide bonds. The zero-order valence-electron chi connectivity index (χ0n) is 11.1. The summed E-state index contributed by atoms with van der Waals surface area (Å²) in [7, 11) is 0. The molecule has 0 atom stereocenters. The highest BCUT2D eigenvalue weighted by Crippen LogP contribution is 2.13. The first-order valence-electron chi connectivity index (χ1n) is 6.30. The molecule has 0 radical (unpaired) electrons. The van der Waals surface area contributed by atoms with E-state index < -0.39 is 11.8 Å². The van der Waals surface area contributed by atoms with Crippen LogP contribution < -0.4 is 10.9 Å². The first kappa shape index (κ1) is 14.6. The normalized spacial score (nSPS) is 15.8. The van der Waals surface area contributed by atoms with Gasteiger partial charge in [0.2, 0.25) is 0 Å². The van der Waals surface area contributed by atoms with Crippen LogP contribution in [0.2, 0.25) is 0 Å². The van der Waals surface area contributed by atoms with Crippen molar-refractivity contribution in [3.8, 4) is 0 Å². The van der Waals surface area contributed by atoms with Crippen LogP contribution in [-0.2, 0) is 4.79 Å². The van der Waals surface area contributed by atoms with Crippen molar-refractivity contribution in [2.24, 2.45) is 10.2 Å². The number of aliphatic carboxylic acids is 1. The molecule has 21 heavy (non-hydrogen) atoms. The number of amidine groups is 1. The van der Waals surface area contributed by atoms with Crippen LogP contribution in [0.3, 0.4) is 0 Å². The second kappa shape index (κ2) is 6.60. The van der Waals surface area contributed by atoms with Crippen LogP contribution in [0, 0.1) is 11.2 Å². The Kier molecular flexibility index (Phi) is 4.60. The van der Waals surface area contributed by atoms with Crippen LogP contribution in [0.1, 0.15) is 19.3 Å². The number of hydrazone groups is 2. The fourth-order valence-electron chi connectivity index (χ4n) is 1.74. The third-order valence-electron chi connectivity index (χ3n) is 2.78. The molecule has 0 unspecified atom stereocenters. The molecule has 1 aromatic carbocycles. The molecule has 1 aliphatic heterocycles. The van der Waals surface area contributed by atoms with E-state index in [0.717, 1.165) is 0 Å². The van der Waals surface area contributed by atoms with Gasteiger partial charge in [-0.25, -0.2) is 4.39 Å². The molecule has 2 rings (SSSR count). The standard InChI is InChI=1S/C13H14FN5O2/c14-8-4-1-2-5-9(8)16-18-12-10(17-19-13(12)15)6-3-7-11(20)21/h1-2,4-5,16H,3,6-7H2,(H,20,21)(H2,15,18,19). The van der Waals surface area contributed by atoms with E-state index >= 15 is 0 Å². The van der Waals surface area contributed by atoms with Gasteiger partial charge in [-0.05, 0) is 25.0 Å². The average Bonchev–Trinajstić information content (AvgIpc) is 2.78. The van der Waals surface area contributed by atoms with Crippen molar-refractivity contribution in [2.45, 2.75) is 19.3 Å². The molecule has 110 valence electrons. The predicted octanol–water partition coefficient (Wildman–Crippen LogP) is 1.78. The molecule has 1 heterocycles. The summed E-state index contributed by atoms with van der Waals surface area (Å²) in [5.74, 6) is -1.35. The van der Waals surface area contributed by atoms with E-state index in [-0.39, 0.29) is 23.7 Å². The lowest BCUT2D eigenvalue weighted by molar-refractivity contribution is -0.137. The highest BCUT2D eigenvalue weighted by molar-refractivity contribution is 6.69. The third-order valence-corrected chi connectivity index (χ3v) is 2.78. The van der Waals surface area contributed by atoms with Crippen molar-refractivity contribution in [2.75, 3.05) is 5.43 Å². The third kappa shape index (κ3) is 3.85. The number of carbonyl (C=O) groups is 1. The number of nitrogens with zero attached hydrogens (tertiary/aromatic N) is 2. The molecule has 0 aliphatic carbocycles. The highest BCUT2D eigenvalue weighted by atomic mass is 19.1. The molecule has 0 saturated heterocycles. The second-order valence-electron chi connectivity index (χ2n) is 4.34. The van der Waals surface area contributed by atoms with E-state index in [1.54, 1.807) is 12.1 Å². The minimum Gasteiger partial charge on any atom is -0.481 e. The maximum absolute atomic E-state index is 13.5. The summed E-state index contributed by atoms with van der Waals surface area (Å²) < 4.78 is 13.5. The van der Waals surface area contributed by atoms with E-state index in [4.69, 9.17) is 10.5 Å². The maximum Gasteiger partial charge on any atom is 0.303 e. The van der Waals surface area contributed by atoms with Gasteiger partial charge in [0.05, 0.1) is 11.4 Å². The van der Waals surface area contributed by atoms with E-state index in [1.165, 1.54) is 12.1 Å². The smallest absolute Gasteiger partial charge is 0.303 e. The molecule has 4 N–H and O–H groups in total. The fourth-order valence-corrected chi connectivity index (χ4v) is 1.74. The Morgan fingerprint density at radius 1 is 1.48 bits per heavy atom. The Balaban J connectivity index is 2.04. The van der Waals surface area contributed by atoms with Gasteiger partial charge in [-0.1, -0.05) is 12.1 Å². The van der Waals surface area contributed by atoms with Crippen LogP contribution in [0.4, 0.5) is 10.1 Å². The van der Waals surface area contributed by atoms with Gasteiger partial charge in [0, 0.05) is 6.42 Å². The molecule has 1 aromatic rings. The molecular formula is C13H14FN5O2. The fraction of sp³-hybridized carbons (Fsp3) is 0.231. The zero-order valence-corrected chi connectivity index (χ0v) is 11.1. The topological polar surface area (TPSA) is 110 Å². The molecule has 0 spiro atoms. The zero-order chi connectivity index (χ0) is 15.2. The SMILES string of the molecule is N=C1NN=C(CCCC(=O)O)/C1=N/Nc1ccccc1F. The Labute approximate surface area is 120 Å². The van der Waals surface area contributed by atoms with Gasteiger partial charge < -0.3 is 5.11 Å². The lowest BCUT2D eigenvalue weighted by atomic mass is 10.1. The lowest BCUT2D eigenvalue weighted by Gasteiger charge is -2.04. The number of nitrogens with one attached hydrogen (secondary N) is 3. The van der Waals surface area contributed by atoms with Gasteiger partial charge in [0.1, 0.15) is 11.5 Å². The van der Waals surface area contributed by atoms with Crippen molar-refractivity contribution in [3.05, 3.63) is 30.1 Å². The monoisotopic (exact) mass is 291 g/mol. The van der Waals surface area contributed by atoms with Gasteiger partial charge in [-0.15, -0.1) is 0 Å². The molecular weight excluding hydrogens is 277 g/mol. The lowest BCUT2D eigenvalue weighted by Crippen LogP contribution is -2.23. The summed E-state index contributed by atoms with van der Waals surface area (Å²) in [5, 5.41) is 24.2. The number of halogens is 1. The summed E-state index contributed by atoms with van der Waals surface area (Å²) in [6.07, 6.45) is 0.779. The van der Waals surface area contributed by atoms with Gasteiger partial charge in [0.15, 0.2) is 5.84 Å². The Bertz CT molecular complexity index is 627. The number of carboxylic acid groups (broad SMARTS) is 1. The Morgan fingerprint density at radius 3 is 2.95 bits per heavy atom. The number of anilines is 1. The number of carboxylic acids is 1. The van der Waals surface area contributed by atoms with Crippen LogP contribution in [0.5, 0.6) is 0 Å². The highest BCUT2D eigenvalue weighted by Gasteiger charge is 2.21. The summed E-state index contributed by atoms with van der Waals surface area (Å²) in [6, 6.07) is 6.03. The quantitative estimate of drug-likeness (QED) is 0.599. The second-order valence-corrected chi connectivity index (χ2v) is 4.34.